The van der Waals surface area contributed by atoms with E-state index < -0.39 is 4.08 Å². The molecule has 0 unspecified atom stereocenters. The van der Waals surface area contributed by atoms with Gasteiger partial charge in [0.15, 0.2) is 4.08 Å². The van der Waals surface area contributed by atoms with E-state index in [1.807, 2.05) is 42.2 Å². The van der Waals surface area contributed by atoms with Gasteiger partial charge in [0.1, 0.15) is 6.23 Å². The fraction of sp³-hybridized carbons (Fsp3) is 0.600. The lowest BCUT2D eigenvalue weighted by Gasteiger charge is -2.45. The van der Waals surface area contributed by atoms with E-state index in [4.69, 9.17) is 9.47 Å². The van der Waals surface area contributed by atoms with Gasteiger partial charge in [-0.1, -0.05) is 30.3 Å². The summed E-state index contributed by atoms with van der Waals surface area (Å²) in [6.07, 6.45) is 1.89. The van der Waals surface area contributed by atoms with E-state index in [9.17, 15) is 9.59 Å². The minimum Gasteiger partial charge on any atom is -0.464 e. The van der Waals surface area contributed by atoms with Crippen molar-refractivity contribution in [2.75, 3.05) is 24.7 Å². The van der Waals surface area contributed by atoms with E-state index in [0.717, 1.165) is 23.5 Å². The molecule has 5 nitrogen and oxygen atoms in total. The number of piperidine rings is 1. The van der Waals surface area contributed by atoms with Gasteiger partial charge in [-0.15, -0.1) is 23.5 Å². The highest BCUT2D eigenvalue weighted by molar-refractivity contribution is 8.19. The minimum absolute atomic E-state index is 0.0325. The van der Waals surface area contributed by atoms with Crippen LogP contribution in [0.3, 0.4) is 0 Å². The van der Waals surface area contributed by atoms with Crippen molar-refractivity contribution in [2.45, 2.75) is 42.5 Å². The largest absolute Gasteiger partial charge is 0.464 e. The quantitative estimate of drug-likeness (QED) is 0.713. The second-order valence-corrected chi connectivity index (χ2v) is 10.0. The van der Waals surface area contributed by atoms with Crippen molar-refractivity contribution in [3.05, 3.63) is 35.9 Å². The number of fused-ring (bicyclic) bond motifs is 1. The van der Waals surface area contributed by atoms with E-state index in [2.05, 4.69) is 0 Å². The number of thioether (sulfide) groups is 2. The predicted molar refractivity (Wildman–Crippen MR) is 107 cm³/mol. The summed E-state index contributed by atoms with van der Waals surface area (Å²) >= 11 is 3.32. The van der Waals surface area contributed by atoms with Gasteiger partial charge in [-0.2, -0.15) is 0 Å². The molecule has 146 valence electrons. The second kappa shape index (κ2) is 8.05. The maximum atomic E-state index is 13.1. The van der Waals surface area contributed by atoms with Gasteiger partial charge >= 0.3 is 5.97 Å². The number of hydrogen-bond donors (Lipinski definition) is 0. The third kappa shape index (κ3) is 3.49. The third-order valence-corrected chi connectivity index (χ3v) is 9.04. The summed E-state index contributed by atoms with van der Waals surface area (Å²) in [6, 6.07) is 10.0. The number of hydrogen-bond acceptors (Lipinski definition) is 6. The molecule has 3 aliphatic heterocycles. The molecule has 3 atom stereocenters. The van der Waals surface area contributed by atoms with Crippen molar-refractivity contribution in [3.8, 4) is 0 Å². The van der Waals surface area contributed by atoms with Gasteiger partial charge in [-0.25, -0.2) is 4.79 Å². The number of benzene rings is 1. The van der Waals surface area contributed by atoms with Gasteiger partial charge < -0.3 is 14.4 Å². The Kier molecular flexibility index (Phi) is 5.71. The number of nitrogens with zero attached hydrogens (tertiary/aromatic N) is 1. The summed E-state index contributed by atoms with van der Waals surface area (Å²) in [5.41, 5.74) is 1.10. The van der Waals surface area contributed by atoms with Crippen LogP contribution in [0.2, 0.25) is 0 Å². The summed E-state index contributed by atoms with van der Waals surface area (Å²) in [6.45, 7) is 2.71. The van der Waals surface area contributed by atoms with Gasteiger partial charge in [0.25, 0.3) is 0 Å². The summed E-state index contributed by atoms with van der Waals surface area (Å²) in [7, 11) is 0. The van der Waals surface area contributed by atoms with Crippen LogP contribution in [0.5, 0.6) is 0 Å². The average molecular weight is 408 g/mol. The molecule has 3 aliphatic rings. The van der Waals surface area contributed by atoms with E-state index >= 15 is 0 Å². The lowest BCUT2D eigenvalue weighted by molar-refractivity contribution is -0.150. The predicted octanol–water partition coefficient (Wildman–Crippen LogP) is 3.45. The molecule has 0 N–H and O–H groups in total. The van der Waals surface area contributed by atoms with Crippen LogP contribution >= 0.6 is 23.5 Å². The fourth-order valence-corrected chi connectivity index (χ4v) is 7.63. The molecule has 0 bridgehead atoms. The third-order valence-electron chi connectivity index (χ3n) is 5.49. The Morgan fingerprint density at radius 2 is 2.04 bits per heavy atom. The van der Waals surface area contributed by atoms with Crippen molar-refractivity contribution in [1.82, 2.24) is 4.90 Å². The highest BCUT2D eigenvalue weighted by Crippen LogP contribution is 2.53. The molecular weight excluding hydrogens is 382 g/mol. The Labute approximate surface area is 168 Å². The Hall–Kier alpha value is -1.18. The smallest absolute Gasteiger partial charge is 0.332 e. The van der Waals surface area contributed by atoms with E-state index in [1.54, 1.807) is 23.5 Å². The first-order valence-corrected chi connectivity index (χ1v) is 11.6. The summed E-state index contributed by atoms with van der Waals surface area (Å²) < 4.78 is 10.8. The van der Waals surface area contributed by atoms with Gasteiger partial charge in [0.2, 0.25) is 5.91 Å². The Morgan fingerprint density at radius 3 is 2.74 bits per heavy atom. The van der Waals surface area contributed by atoms with Crippen LogP contribution in [0.15, 0.2) is 30.3 Å². The van der Waals surface area contributed by atoms with E-state index in [0.29, 0.717) is 26.1 Å². The lowest BCUT2D eigenvalue weighted by Crippen LogP contribution is -2.52. The molecule has 7 heteroatoms. The molecule has 1 aromatic carbocycles. The van der Waals surface area contributed by atoms with Crippen LogP contribution in [0, 0.1) is 5.92 Å². The number of esters is 1. The molecule has 3 heterocycles. The molecule has 1 amide bonds. The van der Waals surface area contributed by atoms with Crippen LogP contribution in [0.25, 0.3) is 0 Å². The lowest BCUT2D eigenvalue weighted by atomic mass is 9.89. The van der Waals surface area contributed by atoms with Crippen LogP contribution in [0.1, 0.15) is 37.8 Å². The molecule has 0 saturated carbocycles. The first kappa shape index (κ1) is 19.2. The van der Waals surface area contributed by atoms with Crippen LogP contribution < -0.4 is 0 Å². The van der Waals surface area contributed by atoms with E-state index in [-0.39, 0.29) is 30.1 Å². The number of ether oxygens (including phenoxy) is 2. The van der Waals surface area contributed by atoms with Gasteiger partial charge in [0, 0.05) is 12.3 Å². The molecule has 0 aromatic heterocycles. The monoisotopic (exact) mass is 407 g/mol. The molecule has 4 rings (SSSR count). The molecule has 0 radical (unpaired) electrons. The van der Waals surface area contributed by atoms with Crippen LogP contribution in [-0.2, 0) is 19.1 Å². The summed E-state index contributed by atoms with van der Waals surface area (Å²) in [5, 5.41) is 0. The Morgan fingerprint density at radius 1 is 1.30 bits per heavy atom. The molecule has 0 aliphatic carbocycles. The molecule has 3 saturated heterocycles. The topological polar surface area (TPSA) is 55.8 Å². The summed E-state index contributed by atoms with van der Waals surface area (Å²) in [5.74, 6) is 1.70. The van der Waals surface area contributed by atoms with E-state index in [1.165, 1.54) is 0 Å². The van der Waals surface area contributed by atoms with Crippen LogP contribution in [0.4, 0.5) is 0 Å². The molecule has 3 fully saturated rings. The number of rotatable bonds is 4. The highest BCUT2D eigenvalue weighted by atomic mass is 32.2. The zero-order valence-corrected chi connectivity index (χ0v) is 17.1. The van der Waals surface area contributed by atoms with Gasteiger partial charge in [-0.3, -0.25) is 4.79 Å². The minimum atomic E-state index is -0.676. The van der Waals surface area contributed by atoms with Crippen molar-refractivity contribution >= 4 is 35.4 Å². The number of amides is 1. The summed E-state index contributed by atoms with van der Waals surface area (Å²) in [4.78, 5) is 27.9. The Bertz CT molecular complexity index is 692. The maximum Gasteiger partial charge on any atom is 0.332 e. The van der Waals surface area contributed by atoms with Crippen molar-refractivity contribution in [3.63, 3.8) is 0 Å². The maximum absolute atomic E-state index is 13.1. The fourth-order valence-electron chi connectivity index (χ4n) is 4.24. The first-order valence-electron chi connectivity index (χ1n) is 9.58. The van der Waals surface area contributed by atoms with Crippen molar-refractivity contribution < 1.29 is 19.1 Å². The van der Waals surface area contributed by atoms with Gasteiger partial charge in [-0.05, 0) is 36.8 Å². The first-order chi connectivity index (χ1) is 13.2. The average Bonchev–Trinajstić information content (AvgIpc) is 3.14. The SMILES string of the molecule is CCOC(=O)C1([C@@H]2CC(=O)N3[C@H](C2)OC[C@H]3c2ccccc2)SCCCS1. The second-order valence-electron chi connectivity index (χ2n) is 7.09. The van der Waals surface area contributed by atoms with Crippen molar-refractivity contribution in [1.29, 1.82) is 0 Å². The molecular formula is C20H25NO4S2. The molecule has 27 heavy (non-hydrogen) atoms. The number of carbonyl (C=O) groups excluding carboxylic acids is 2. The standard InChI is InChI=1S/C20H25NO4S2/c1-2-24-19(23)20(26-9-6-10-27-20)15-11-17(22)21-16(13-25-18(21)12-15)14-7-4-3-5-8-14/h3-5,7-8,15-16,18H,2,6,9-13H2,1H3/t15-,16+,18+/m1/s1. The normalized spacial score (nSPS) is 30.0. The zero-order chi connectivity index (χ0) is 18.9. The highest BCUT2D eigenvalue weighted by Gasteiger charge is 2.55. The molecule has 1 aromatic rings. The van der Waals surface area contributed by atoms with Crippen molar-refractivity contribution in [2.24, 2.45) is 5.92 Å². The van der Waals surface area contributed by atoms with Crippen LogP contribution in [-0.4, -0.2) is 51.8 Å². The molecule has 0 spiro atoms. The number of carbonyl (C=O) groups is 2. The zero-order valence-electron chi connectivity index (χ0n) is 15.5. The Balaban J connectivity index is 1.56. The van der Waals surface area contributed by atoms with Gasteiger partial charge in [0.05, 0.1) is 19.3 Å².